The highest BCUT2D eigenvalue weighted by Crippen LogP contribution is 2.28. The Bertz CT molecular complexity index is 820. The quantitative estimate of drug-likeness (QED) is 0.704. The minimum Gasteiger partial charge on any atom is -0.298 e. The van der Waals surface area contributed by atoms with Gasteiger partial charge in [0.1, 0.15) is 0 Å². The van der Waals surface area contributed by atoms with Gasteiger partial charge in [0, 0.05) is 12.3 Å². The van der Waals surface area contributed by atoms with Crippen molar-refractivity contribution in [3.63, 3.8) is 0 Å². The average molecular weight is 320 g/mol. The van der Waals surface area contributed by atoms with E-state index >= 15 is 0 Å². The van der Waals surface area contributed by atoms with Crippen LogP contribution < -0.4 is 5.32 Å². The molecule has 1 aromatic heterocycles. The number of carbonyl (C=O) groups is 1. The molecule has 2 aromatic carbocycles. The Morgan fingerprint density at radius 1 is 1.09 bits per heavy atom. The van der Waals surface area contributed by atoms with Gasteiger partial charge in [-0.05, 0) is 24.1 Å². The summed E-state index contributed by atoms with van der Waals surface area (Å²) in [7, 11) is 0. The summed E-state index contributed by atoms with van der Waals surface area (Å²) >= 11 is 1.46. The molecule has 0 saturated carbocycles. The van der Waals surface area contributed by atoms with Gasteiger partial charge in [0.25, 0.3) is 0 Å². The van der Waals surface area contributed by atoms with E-state index in [-0.39, 0.29) is 5.91 Å². The number of hydrogen-bond acceptors (Lipinski definition) is 3. The van der Waals surface area contributed by atoms with Gasteiger partial charge in [0.05, 0.1) is 4.88 Å². The van der Waals surface area contributed by atoms with Crippen molar-refractivity contribution in [1.29, 1.82) is 0 Å². The van der Waals surface area contributed by atoms with E-state index in [4.69, 9.17) is 0 Å². The number of thiazole rings is 1. The Kier molecular flexibility index (Phi) is 4.64. The maximum absolute atomic E-state index is 12.0. The molecule has 0 fully saturated rings. The van der Waals surface area contributed by atoms with Crippen LogP contribution in [0.5, 0.6) is 0 Å². The molecule has 0 saturated heterocycles. The summed E-state index contributed by atoms with van der Waals surface area (Å²) in [4.78, 5) is 17.2. The Morgan fingerprint density at radius 3 is 2.57 bits per heavy atom. The first-order chi connectivity index (χ1) is 11.2. The summed E-state index contributed by atoms with van der Waals surface area (Å²) in [5.74, 6) is -0.181. The van der Waals surface area contributed by atoms with Crippen LogP contribution in [0.25, 0.3) is 16.5 Å². The van der Waals surface area contributed by atoms with Crippen molar-refractivity contribution in [1.82, 2.24) is 4.98 Å². The van der Waals surface area contributed by atoms with E-state index in [0.717, 1.165) is 16.0 Å². The molecule has 0 radical (unpaired) electrons. The van der Waals surface area contributed by atoms with E-state index in [1.807, 2.05) is 61.5 Å². The first-order valence-electron chi connectivity index (χ1n) is 7.28. The molecule has 0 aliphatic carbocycles. The molecule has 114 valence electrons. The third kappa shape index (κ3) is 4.14. The molecule has 0 aliphatic heterocycles. The molecule has 0 aliphatic rings. The second kappa shape index (κ2) is 7.03. The molecule has 0 bridgehead atoms. The number of nitrogens with one attached hydrogen (secondary N) is 1. The molecule has 1 N–H and O–H groups in total. The number of amides is 1. The summed E-state index contributed by atoms with van der Waals surface area (Å²) in [5, 5.41) is 3.39. The zero-order chi connectivity index (χ0) is 16.1. The Morgan fingerprint density at radius 2 is 1.83 bits per heavy atom. The topological polar surface area (TPSA) is 42.0 Å². The lowest BCUT2D eigenvalue weighted by Crippen LogP contribution is -2.06. The van der Waals surface area contributed by atoms with E-state index < -0.39 is 0 Å². The number of carbonyl (C=O) groups excluding carboxylic acids is 1. The number of nitrogens with zero attached hydrogens (tertiary/aromatic N) is 1. The summed E-state index contributed by atoms with van der Waals surface area (Å²) in [6.45, 7) is 2.03. The maximum atomic E-state index is 12.0. The number of aryl methyl sites for hydroxylation is 1. The van der Waals surface area contributed by atoms with Crippen LogP contribution in [0.4, 0.5) is 5.13 Å². The monoisotopic (exact) mass is 320 g/mol. The smallest absolute Gasteiger partial charge is 0.250 e. The van der Waals surface area contributed by atoms with E-state index in [1.54, 1.807) is 12.3 Å². The molecule has 1 amide bonds. The van der Waals surface area contributed by atoms with Crippen molar-refractivity contribution >= 4 is 28.5 Å². The SMILES string of the molecule is Cc1ccc(/C=C/C(=O)Nc2ncc(-c3ccccc3)s2)cc1. The number of anilines is 1. The molecule has 4 heteroatoms. The van der Waals surface area contributed by atoms with Gasteiger partial charge in [-0.25, -0.2) is 4.98 Å². The van der Waals surface area contributed by atoms with Crippen LogP contribution in [-0.2, 0) is 4.79 Å². The molecule has 3 nitrogen and oxygen atoms in total. The molecule has 3 aromatic rings. The third-order valence-electron chi connectivity index (χ3n) is 3.30. The van der Waals surface area contributed by atoms with Gasteiger partial charge in [-0.2, -0.15) is 0 Å². The van der Waals surface area contributed by atoms with Crippen LogP contribution in [0.3, 0.4) is 0 Å². The van der Waals surface area contributed by atoms with Crippen LogP contribution >= 0.6 is 11.3 Å². The first kappa shape index (κ1) is 15.2. The van der Waals surface area contributed by atoms with Crippen molar-refractivity contribution in [2.45, 2.75) is 6.92 Å². The van der Waals surface area contributed by atoms with Crippen LogP contribution in [0.15, 0.2) is 66.9 Å². The van der Waals surface area contributed by atoms with Crippen molar-refractivity contribution in [3.05, 3.63) is 78.0 Å². The van der Waals surface area contributed by atoms with Crippen LogP contribution in [0.2, 0.25) is 0 Å². The fraction of sp³-hybridized carbons (Fsp3) is 0.0526. The van der Waals surface area contributed by atoms with Gasteiger partial charge in [-0.15, -0.1) is 0 Å². The molecule has 3 rings (SSSR count). The lowest BCUT2D eigenvalue weighted by molar-refractivity contribution is -0.111. The van der Waals surface area contributed by atoms with Crippen LogP contribution in [-0.4, -0.2) is 10.9 Å². The normalized spacial score (nSPS) is 10.8. The highest BCUT2D eigenvalue weighted by molar-refractivity contribution is 7.19. The van der Waals surface area contributed by atoms with Gasteiger partial charge < -0.3 is 0 Å². The fourth-order valence-electron chi connectivity index (χ4n) is 2.06. The molecule has 0 atom stereocenters. The Hall–Kier alpha value is -2.72. The summed E-state index contributed by atoms with van der Waals surface area (Å²) in [6, 6.07) is 18.0. The van der Waals surface area contributed by atoms with Crippen molar-refractivity contribution < 1.29 is 4.79 Å². The maximum Gasteiger partial charge on any atom is 0.250 e. The summed E-state index contributed by atoms with van der Waals surface area (Å²) in [5.41, 5.74) is 3.29. The number of aromatic nitrogens is 1. The van der Waals surface area contributed by atoms with Crippen LogP contribution in [0.1, 0.15) is 11.1 Å². The van der Waals surface area contributed by atoms with Crippen molar-refractivity contribution in [2.24, 2.45) is 0 Å². The van der Waals surface area contributed by atoms with E-state index in [2.05, 4.69) is 10.3 Å². The van der Waals surface area contributed by atoms with Crippen molar-refractivity contribution in [2.75, 3.05) is 5.32 Å². The van der Waals surface area contributed by atoms with Gasteiger partial charge >= 0.3 is 0 Å². The average Bonchev–Trinajstić information content (AvgIpc) is 3.04. The van der Waals surface area contributed by atoms with E-state index in [0.29, 0.717) is 5.13 Å². The molecule has 1 heterocycles. The van der Waals surface area contributed by atoms with Gasteiger partial charge in [-0.1, -0.05) is 71.5 Å². The minimum absolute atomic E-state index is 0.181. The number of benzene rings is 2. The summed E-state index contributed by atoms with van der Waals surface area (Å²) in [6.07, 6.45) is 5.09. The zero-order valence-electron chi connectivity index (χ0n) is 12.7. The van der Waals surface area contributed by atoms with Gasteiger partial charge in [-0.3, -0.25) is 10.1 Å². The standard InChI is InChI=1S/C19H16N2OS/c1-14-7-9-15(10-8-14)11-12-18(22)21-19-20-13-17(23-19)16-5-3-2-4-6-16/h2-13H,1H3,(H,20,21,22)/b12-11+. The molecule has 0 spiro atoms. The number of rotatable bonds is 4. The Labute approximate surface area is 139 Å². The van der Waals surface area contributed by atoms with Gasteiger partial charge in [0.2, 0.25) is 5.91 Å². The predicted octanol–water partition coefficient (Wildman–Crippen LogP) is 4.77. The Balaban J connectivity index is 1.64. The lowest BCUT2D eigenvalue weighted by Gasteiger charge is -1.97. The highest BCUT2D eigenvalue weighted by atomic mass is 32.1. The predicted molar refractivity (Wildman–Crippen MR) is 96.4 cm³/mol. The molecule has 23 heavy (non-hydrogen) atoms. The van der Waals surface area contributed by atoms with E-state index in [1.165, 1.54) is 23.0 Å². The first-order valence-corrected chi connectivity index (χ1v) is 8.09. The summed E-state index contributed by atoms with van der Waals surface area (Å²) < 4.78 is 0. The second-order valence-electron chi connectivity index (χ2n) is 5.13. The molecular formula is C19H16N2OS. The molecular weight excluding hydrogens is 304 g/mol. The van der Waals surface area contributed by atoms with E-state index in [9.17, 15) is 4.79 Å². The third-order valence-corrected chi connectivity index (χ3v) is 4.26. The minimum atomic E-state index is -0.181. The second-order valence-corrected chi connectivity index (χ2v) is 6.16. The molecule has 0 unspecified atom stereocenters. The lowest BCUT2D eigenvalue weighted by atomic mass is 10.1. The van der Waals surface area contributed by atoms with Crippen molar-refractivity contribution in [3.8, 4) is 10.4 Å². The van der Waals surface area contributed by atoms with Gasteiger partial charge in [0.15, 0.2) is 5.13 Å². The zero-order valence-corrected chi connectivity index (χ0v) is 13.5. The highest BCUT2D eigenvalue weighted by Gasteiger charge is 2.05. The number of hydrogen-bond donors (Lipinski definition) is 1. The van der Waals surface area contributed by atoms with Crippen LogP contribution in [0, 0.1) is 6.92 Å². The largest absolute Gasteiger partial charge is 0.298 e. The fourth-order valence-corrected chi connectivity index (χ4v) is 2.89.